The first-order chi connectivity index (χ1) is 8.56. The summed E-state index contributed by atoms with van der Waals surface area (Å²) in [6.45, 7) is -1.69. The number of benzene rings is 1. The van der Waals surface area contributed by atoms with Gasteiger partial charge in [-0.3, -0.25) is 0 Å². The van der Waals surface area contributed by atoms with Gasteiger partial charge in [-0.05, 0) is 34.1 Å². The molecule has 0 saturated carbocycles. The summed E-state index contributed by atoms with van der Waals surface area (Å²) in [5.74, 6) is -4.43. The first kappa shape index (κ1) is 16.2. The number of nitrogen functional groups attached to an aromatic ring is 1. The summed E-state index contributed by atoms with van der Waals surface area (Å²) >= 11 is 2.97. The molecule has 108 valence electrons. The maximum atomic E-state index is 12.6. The predicted molar refractivity (Wildman–Crippen MR) is 64.7 cm³/mol. The van der Waals surface area contributed by atoms with Gasteiger partial charge < -0.3 is 5.73 Å². The fourth-order valence-corrected chi connectivity index (χ4v) is 2.63. The van der Waals surface area contributed by atoms with Crippen LogP contribution in [-0.2, 0) is 10.0 Å². The lowest BCUT2D eigenvalue weighted by atomic mass is 10.3. The lowest BCUT2D eigenvalue weighted by Gasteiger charge is -2.16. The Morgan fingerprint density at radius 2 is 1.95 bits per heavy atom. The summed E-state index contributed by atoms with van der Waals surface area (Å²) in [5.41, 5.74) is 5.68. The molecule has 0 aliphatic carbocycles. The molecule has 0 radical (unpaired) electrons. The summed E-state index contributed by atoms with van der Waals surface area (Å²) < 4.78 is 74.0. The summed E-state index contributed by atoms with van der Waals surface area (Å²) in [5, 5.41) is 0. The molecule has 4 nitrogen and oxygen atoms in total. The van der Waals surface area contributed by atoms with Gasteiger partial charge in [-0.2, -0.15) is 8.78 Å². The Morgan fingerprint density at radius 3 is 2.42 bits per heavy atom. The van der Waals surface area contributed by atoms with Gasteiger partial charge in [-0.15, -0.1) is 0 Å². The standard InChI is InChI=1S/C9H9BrF4N2O2S/c10-6-3-5(1-2-7(6)15)19(17,18)16-4-9(13,14)8(11)12/h1-3,8,16H,4,15H2. The maximum absolute atomic E-state index is 12.6. The molecule has 0 fully saturated rings. The van der Waals surface area contributed by atoms with Gasteiger partial charge in [0.1, 0.15) is 0 Å². The second-order valence-corrected chi connectivity index (χ2v) is 6.19. The van der Waals surface area contributed by atoms with Crippen LogP contribution in [0.25, 0.3) is 0 Å². The van der Waals surface area contributed by atoms with E-state index in [0.717, 1.165) is 12.1 Å². The van der Waals surface area contributed by atoms with E-state index in [4.69, 9.17) is 5.73 Å². The molecule has 0 saturated heterocycles. The molecule has 10 heteroatoms. The molecular formula is C9H9BrF4N2O2S. The Morgan fingerprint density at radius 1 is 1.37 bits per heavy atom. The number of anilines is 1. The van der Waals surface area contributed by atoms with E-state index in [-0.39, 0.29) is 15.1 Å². The van der Waals surface area contributed by atoms with E-state index in [1.54, 1.807) is 0 Å². The first-order valence-corrected chi connectivity index (χ1v) is 7.04. The minimum atomic E-state index is -4.43. The third-order valence-corrected chi connectivity index (χ3v) is 4.19. The van der Waals surface area contributed by atoms with Crippen LogP contribution in [0, 0.1) is 0 Å². The number of hydrogen-bond acceptors (Lipinski definition) is 3. The molecule has 0 heterocycles. The van der Waals surface area contributed by atoms with Gasteiger partial charge >= 0.3 is 12.3 Å². The Labute approximate surface area is 115 Å². The van der Waals surface area contributed by atoms with Gasteiger partial charge in [-0.25, -0.2) is 21.9 Å². The van der Waals surface area contributed by atoms with E-state index in [1.165, 1.54) is 10.8 Å². The number of rotatable bonds is 5. The van der Waals surface area contributed by atoms with Gasteiger partial charge in [0.2, 0.25) is 10.0 Å². The number of hydrogen-bond donors (Lipinski definition) is 2. The van der Waals surface area contributed by atoms with Crippen molar-refractivity contribution in [2.45, 2.75) is 17.2 Å². The largest absolute Gasteiger partial charge is 0.398 e. The van der Waals surface area contributed by atoms with Crippen molar-refractivity contribution in [3.63, 3.8) is 0 Å². The van der Waals surface area contributed by atoms with Crippen LogP contribution in [0.3, 0.4) is 0 Å². The summed E-state index contributed by atoms with van der Waals surface area (Å²) in [4.78, 5) is -0.362. The molecule has 19 heavy (non-hydrogen) atoms. The van der Waals surface area contributed by atoms with Crippen LogP contribution in [0.5, 0.6) is 0 Å². The van der Waals surface area contributed by atoms with Crippen LogP contribution in [-0.4, -0.2) is 27.3 Å². The Balaban J connectivity index is 2.90. The molecule has 3 N–H and O–H groups in total. The molecule has 0 atom stereocenters. The summed E-state index contributed by atoms with van der Waals surface area (Å²) in [7, 11) is -4.32. The zero-order valence-electron chi connectivity index (χ0n) is 9.21. The fourth-order valence-electron chi connectivity index (χ4n) is 1.03. The number of sulfonamides is 1. The topological polar surface area (TPSA) is 72.2 Å². The number of halogens is 5. The molecule has 0 aliphatic heterocycles. The molecule has 1 aromatic rings. The molecule has 1 rings (SSSR count). The third-order valence-electron chi connectivity index (χ3n) is 2.10. The van der Waals surface area contributed by atoms with Crippen molar-refractivity contribution in [2.75, 3.05) is 12.3 Å². The molecule has 0 aliphatic rings. The van der Waals surface area contributed by atoms with Crippen molar-refractivity contribution in [1.29, 1.82) is 0 Å². The molecule has 0 bridgehead atoms. The van der Waals surface area contributed by atoms with Crippen molar-refractivity contribution in [3.8, 4) is 0 Å². The SMILES string of the molecule is Nc1ccc(S(=O)(=O)NCC(F)(F)C(F)F)cc1Br. The Kier molecular flexibility index (Phi) is 4.80. The zero-order chi connectivity index (χ0) is 14.8. The minimum Gasteiger partial charge on any atom is -0.398 e. The predicted octanol–water partition coefficient (Wildman–Crippen LogP) is 2.21. The number of nitrogens with two attached hydrogens (primary N) is 1. The van der Waals surface area contributed by atoms with Gasteiger partial charge in [0.05, 0.1) is 11.4 Å². The minimum absolute atomic E-state index is 0.246. The van der Waals surface area contributed by atoms with Crippen molar-refractivity contribution < 1.29 is 26.0 Å². The smallest absolute Gasteiger partial charge is 0.320 e. The quantitative estimate of drug-likeness (QED) is 0.621. The van der Waals surface area contributed by atoms with Crippen molar-refractivity contribution >= 4 is 31.6 Å². The van der Waals surface area contributed by atoms with Crippen LogP contribution < -0.4 is 10.5 Å². The van der Waals surface area contributed by atoms with E-state index < -0.39 is 28.9 Å². The Hall–Kier alpha value is -0.870. The number of alkyl halides is 4. The van der Waals surface area contributed by atoms with E-state index >= 15 is 0 Å². The van der Waals surface area contributed by atoms with E-state index in [1.807, 2.05) is 0 Å². The average Bonchev–Trinajstić information content (AvgIpc) is 2.30. The second-order valence-electron chi connectivity index (χ2n) is 3.57. The maximum Gasteiger partial charge on any atom is 0.320 e. The van der Waals surface area contributed by atoms with Crippen molar-refractivity contribution in [3.05, 3.63) is 22.7 Å². The lowest BCUT2D eigenvalue weighted by molar-refractivity contribution is -0.122. The van der Waals surface area contributed by atoms with E-state index in [9.17, 15) is 26.0 Å². The van der Waals surface area contributed by atoms with Crippen LogP contribution in [0.15, 0.2) is 27.6 Å². The second kappa shape index (κ2) is 5.63. The highest BCUT2D eigenvalue weighted by molar-refractivity contribution is 9.10. The highest BCUT2D eigenvalue weighted by Gasteiger charge is 2.41. The molecule has 0 spiro atoms. The van der Waals surface area contributed by atoms with Gasteiger partial charge in [0, 0.05) is 10.2 Å². The van der Waals surface area contributed by atoms with Crippen molar-refractivity contribution in [1.82, 2.24) is 4.72 Å². The first-order valence-electron chi connectivity index (χ1n) is 4.77. The Bertz CT molecular complexity index is 565. The van der Waals surface area contributed by atoms with Crippen LogP contribution in [0.4, 0.5) is 23.2 Å². The third kappa shape index (κ3) is 4.05. The van der Waals surface area contributed by atoms with Gasteiger partial charge in [0.25, 0.3) is 0 Å². The number of nitrogens with one attached hydrogen (secondary N) is 1. The molecule has 1 aromatic carbocycles. The van der Waals surface area contributed by atoms with E-state index in [2.05, 4.69) is 15.9 Å². The average molecular weight is 365 g/mol. The molecule has 0 unspecified atom stereocenters. The summed E-state index contributed by atoms with van der Waals surface area (Å²) in [6, 6.07) is 3.39. The molecule has 0 aromatic heterocycles. The van der Waals surface area contributed by atoms with Gasteiger partial charge in [0.15, 0.2) is 0 Å². The zero-order valence-corrected chi connectivity index (χ0v) is 11.6. The summed E-state index contributed by atoms with van der Waals surface area (Å²) in [6.07, 6.45) is -3.95. The highest BCUT2D eigenvalue weighted by atomic mass is 79.9. The molecular weight excluding hydrogens is 356 g/mol. The normalized spacial score (nSPS) is 12.9. The van der Waals surface area contributed by atoms with Crippen LogP contribution in [0.1, 0.15) is 0 Å². The molecule has 0 amide bonds. The highest BCUT2D eigenvalue weighted by Crippen LogP contribution is 2.25. The van der Waals surface area contributed by atoms with Gasteiger partial charge in [-0.1, -0.05) is 0 Å². The lowest BCUT2D eigenvalue weighted by Crippen LogP contribution is -2.41. The van der Waals surface area contributed by atoms with E-state index in [0.29, 0.717) is 0 Å². The van der Waals surface area contributed by atoms with Crippen molar-refractivity contribution in [2.24, 2.45) is 0 Å². The fraction of sp³-hybridized carbons (Fsp3) is 0.333. The monoisotopic (exact) mass is 364 g/mol. The van der Waals surface area contributed by atoms with Crippen LogP contribution >= 0.6 is 15.9 Å². The van der Waals surface area contributed by atoms with Crippen LogP contribution in [0.2, 0.25) is 0 Å².